The number of nitrogens with two attached hydrogens (primary N) is 1. The molecular formula is C28H31ClFN5O4. The third kappa shape index (κ3) is 5.58. The van der Waals surface area contributed by atoms with Crippen LogP contribution in [0.1, 0.15) is 24.0 Å². The summed E-state index contributed by atoms with van der Waals surface area (Å²) < 4.78 is 21.4. The van der Waals surface area contributed by atoms with Crippen LogP contribution in [0.4, 0.5) is 9.18 Å². The van der Waals surface area contributed by atoms with Crippen molar-refractivity contribution in [1.82, 2.24) is 19.7 Å². The molecule has 3 aromatic rings. The van der Waals surface area contributed by atoms with Crippen molar-refractivity contribution < 1.29 is 23.5 Å². The lowest BCUT2D eigenvalue weighted by molar-refractivity contribution is -0.139. The number of halogens is 2. The van der Waals surface area contributed by atoms with Crippen molar-refractivity contribution >= 4 is 40.3 Å². The van der Waals surface area contributed by atoms with Gasteiger partial charge in [0, 0.05) is 36.3 Å². The van der Waals surface area contributed by atoms with Crippen LogP contribution < -0.4 is 15.8 Å². The van der Waals surface area contributed by atoms with Gasteiger partial charge >= 0.3 is 6.03 Å². The minimum absolute atomic E-state index is 0.00516. The van der Waals surface area contributed by atoms with Crippen molar-refractivity contribution in [2.24, 2.45) is 11.7 Å². The van der Waals surface area contributed by atoms with Crippen molar-refractivity contribution in [2.45, 2.75) is 37.9 Å². The average Bonchev–Trinajstić information content (AvgIpc) is 3.40. The predicted octanol–water partition coefficient (Wildman–Crippen LogP) is 3.15. The summed E-state index contributed by atoms with van der Waals surface area (Å²) in [6.45, 7) is 1.19. The van der Waals surface area contributed by atoms with E-state index in [0.717, 1.165) is 13.0 Å². The molecule has 2 aliphatic rings. The fourth-order valence-electron chi connectivity index (χ4n) is 5.32. The third-order valence-corrected chi connectivity index (χ3v) is 7.72. The number of carbonyl (C=O) groups excluding carboxylic acids is 3. The number of rotatable bonds is 9. The summed E-state index contributed by atoms with van der Waals surface area (Å²) in [7, 11) is 3.91. The molecule has 11 heteroatoms. The monoisotopic (exact) mass is 555 g/mol. The topological polar surface area (TPSA) is 110 Å². The molecule has 2 heterocycles. The van der Waals surface area contributed by atoms with Gasteiger partial charge in [-0.15, -0.1) is 0 Å². The first-order valence-electron chi connectivity index (χ1n) is 12.9. The quantitative estimate of drug-likeness (QED) is 0.421. The van der Waals surface area contributed by atoms with Gasteiger partial charge in [0.15, 0.2) is 0 Å². The van der Waals surface area contributed by atoms with Gasteiger partial charge in [-0.1, -0.05) is 23.7 Å². The maximum atomic E-state index is 14.3. The van der Waals surface area contributed by atoms with Crippen LogP contribution in [0.3, 0.4) is 0 Å². The molecule has 1 saturated heterocycles. The Morgan fingerprint density at radius 2 is 1.97 bits per heavy atom. The SMILES string of the molecule is CN(C)CCOc1ccc2c(c1)c(CC(=O)N1[C@@H]3C[C@@H]3C[C@H]1C(=O)NCc1cccc(Cl)c1F)cn2C(N)=O. The van der Waals surface area contributed by atoms with Crippen LogP contribution in [-0.2, 0) is 22.6 Å². The lowest BCUT2D eigenvalue weighted by Crippen LogP contribution is -2.48. The molecule has 1 aromatic heterocycles. The van der Waals surface area contributed by atoms with Crippen LogP contribution in [0.5, 0.6) is 5.75 Å². The van der Waals surface area contributed by atoms with Gasteiger partial charge in [0.1, 0.15) is 24.2 Å². The third-order valence-electron chi connectivity index (χ3n) is 7.42. The van der Waals surface area contributed by atoms with Crippen LogP contribution in [0.25, 0.3) is 10.9 Å². The fraction of sp³-hybridized carbons (Fsp3) is 0.393. The Bertz CT molecular complexity index is 1440. The van der Waals surface area contributed by atoms with E-state index in [2.05, 4.69) is 5.32 Å². The molecule has 1 saturated carbocycles. The van der Waals surface area contributed by atoms with Crippen molar-refractivity contribution in [3.63, 3.8) is 0 Å². The number of fused-ring (bicyclic) bond motifs is 2. The van der Waals surface area contributed by atoms with Crippen molar-refractivity contribution in [3.8, 4) is 5.75 Å². The molecule has 2 aromatic carbocycles. The number of ether oxygens (including phenoxy) is 1. The second-order valence-corrected chi connectivity index (χ2v) is 10.8. The molecule has 3 N–H and O–H groups in total. The van der Waals surface area contributed by atoms with Crippen LogP contribution in [0.2, 0.25) is 5.02 Å². The molecule has 206 valence electrons. The van der Waals surface area contributed by atoms with Gasteiger partial charge in [-0.05, 0) is 62.7 Å². The largest absolute Gasteiger partial charge is 0.492 e. The van der Waals surface area contributed by atoms with E-state index in [9.17, 15) is 18.8 Å². The average molecular weight is 556 g/mol. The minimum Gasteiger partial charge on any atom is -0.492 e. The molecule has 9 nitrogen and oxygen atoms in total. The maximum absolute atomic E-state index is 14.3. The summed E-state index contributed by atoms with van der Waals surface area (Å²) in [6.07, 6.45) is 2.98. The van der Waals surface area contributed by atoms with Gasteiger partial charge in [-0.3, -0.25) is 14.2 Å². The number of carbonyl (C=O) groups is 3. The Morgan fingerprint density at radius 3 is 2.72 bits per heavy atom. The van der Waals surface area contributed by atoms with E-state index < -0.39 is 17.9 Å². The molecule has 3 amide bonds. The van der Waals surface area contributed by atoms with E-state index in [1.54, 1.807) is 41.4 Å². The van der Waals surface area contributed by atoms with Crippen LogP contribution in [-0.4, -0.2) is 71.5 Å². The summed E-state index contributed by atoms with van der Waals surface area (Å²) >= 11 is 5.85. The molecule has 2 fully saturated rings. The second kappa shape index (κ2) is 10.9. The molecule has 0 unspecified atom stereocenters. The first-order valence-corrected chi connectivity index (χ1v) is 13.2. The lowest BCUT2D eigenvalue weighted by atomic mass is 10.1. The van der Waals surface area contributed by atoms with Crippen molar-refractivity contribution in [3.05, 3.63) is 64.6 Å². The zero-order valence-electron chi connectivity index (χ0n) is 21.8. The number of likely N-dealkylation sites (N-methyl/N-ethyl adjacent to an activating group) is 1. The van der Waals surface area contributed by atoms with E-state index in [0.29, 0.717) is 35.2 Å². The normalized spacial score (nSPS) is 19.8. The molecule has 39 heavy (non-hydrogen) atoms. The number of nitrogens with zero attached hydrogens (tertiary/aromatic N) is 3. The zero-order chi connectivity index (χ0) is 27.8. The van der Waals surface area contributed by atoms with Gasteiger partial charge in [-0.25, -0.2) is 9.18 Å². The first-order chi connectivity index (χ1) is 18.6. The molecule has 1 aliphatic carbocycles. The molecular weight excluding hydrogens is 525 g/mol. The number of hydrogen-bond donors (Lipinski definition) is 2. The molecule has 0 spiro atoms. The Balaban J connectivity index is 1.33. The van der Waals surface area contributed by atoms with E-state index in [1.165, 1.54) is 10.6 Å². The number of likely N-dealkylation sites (tertiary alicyclic amines) is 1. The fourth-order valence-corrected chi connectivity index (χ4v) is 5.52. The molecule has 5 rings (SSSR count). The molecule has 1 aliphatic heterocycles. The minimum atomic E-state index is -0.658. The standard InChI is InChI=1S/C28H31ClFN5O4/c1-33(2)8-9-39-19-6-7-22-20(13-19)18(15-34(22)28(31)38)12-25(36)35-23-10-17(23)11-24(35)27(37)32-14-16-4-3-5-21(29)26(16)30/h3-7,13,15,17,23-24H,8-12,14H2,1-2H3,(H2,31,38)(H,32,37)/t17-,23-,24+/m1/s1. The Labute approximate surface area is 230 Å². The van der Waals surface area contributed by atoms with Crippen LogP contribution in [0, 0.1) is 11.7 Å². The van der Waals surface area contributed by atoms with Crippen molar-refractivity contribution in [1.29, 1.82) is 0 Å². The smallest absolute Gasteiger partial charge is 0.323 e. The van der Waals surface area contributed by atoms with Crippen LogP contribution in [0.15, 0.2) is 42.6 Å². The number of aromatic nitrogens is 1. The molecule has 0 bridgehead atoms. The number of nitrogens with one attached hydrogen (secondary N) is 1. The Morgan fingerprint density at radius 1 is 1.18 bits per heavy atom. The van der Waals surface area contributed by atoms with Gasteiger partial charge in [0.25, 0.3) is 0 Å². The highest BCUT2D eigenvalue weighted by atomic mass is 35.5. The number of piperidine rings is 1. The summed E-state index contributed by atoms with van der Waals surface area (Å²) in [5.74, 6) is -0.217. The first kappa shape index (κ1) is 27.0. The van der Waals surface area contributed by atoms with Crippen molar-refractivity contribution in [2.75, 3.05) is 27.2 Å². The number of primary amides is 1. The molecule has 3 atom stereocenters. The van der Waals surface area contributed by atoms with Gasteiger partial charge in [0.05, 0.1) is 17.0 Å². The number of benzene rings is 2. The predicted molar refractivity (Wildman–Crippen MR) is 145 cm³/mol. The summed E-state index contributed by atoms with van der Waals surface area (Å²) in [6, 6.07) is 8.65. The zero-order valence-corrected chi connectivity index (χ0v) is 22.6. The lowest BCUT2D eigenvalue weighted by Gasteiger charge is -2.27. The second-order valence-electron chi connectivity index (χ2n) is 10.4. The van der Waals surface area contributed by atoms with E-state index >= 15 is 0 Å². The summed E-state index contributed by atoms with van der Waals surface area (Å²) in [4.78, 5) is 42.5. The Kier molecular flexibility index (Phi) is 7.51. The van der Waals surface area contributed by atoms with E-state index in [-0.39, 0.29) is 47.3 Å². The maximum Gasteiger partial charge on any atom is 0.323 e. The van der Waals surface area contributed by atoms with E-state index in [4.69, 9.17) is 22.1 Å². The highest BCUT2D eigenvalue weighted by Crippen LogP contribution is 2.48. The highest BCUT2D eigenvalue weighted by molar-refractivity contribution is 6.30. The van der Waals surface area contributed by atoms with E-state index in [1.807, 2.05) is 19.0 Å². The number of hydrogen-bond acceptors (Lipinski definition) is 5. The number of amides is 3. The molecule has 0 radical (unpaired) electrons. The van der Waals surface area contributed by atoms with Gasteiger partial charge in [-0.2, -0.15) is 0 Å². The van der Waals surface area contributed by atoms with Gasteiger partial charge < -0.3 is 25.6 Å². The Hall–Kier alpha value is -3.63. The van der Waals surface area contributed by atoms with Gasteiger partial charge in [0.2, 0.25) is 11.8 Å². The summed E-state index contributed by atoms with van der Waals surface area (Å²) in [5.41, 5.74) is 7.07. The summed E-state index contributed by atoms with van der Waals surface area (Å²) in [5, 5.41) is 3.44. The highest BCUT2D eigenvalue weighted by Gasteiger charge is 2.55. The van der Waals surface area contributed by atoms with Crippen LogP contribution >= 0.6 is 11.6 Å².